The summed E-state index contributed by atoms with van der Waals surface area (Å²) in [6, 6.07) is 5.86. The summed E-state index contributed by atoms with van der Waals surface area (Å²) in [6.45, 7) is 9.54. The van der Waals surface area contributed by atoms with Crippen molar-refractivity contribution in [3.63, 3.8) is 0 Å². The SMILES string of the molecule is Cc1ccc(C)c(-n2nc(C(C)(C)C)c([N+](=O)[O-])c2N)c1. The number of anilines is 1. The van der Waals surface area contributed by atoms with E-state index >= 15 is 0 Å². The first kappa shape index (κ1) is 15.0. The molecule has 0 aliphatic carbocycles. The fourth-order valence-electron chi connectivity index (χ4n) is 2.24. The summed E-state index contributed by atoms with van der Waals surface area (Å²) in [6.07, 6.45) is 0. The van der Waals surface area contributed by atoms with E-state index in [0.717, 1.165) is 16.8 Å². The highest BCUT2D eigenvalue weighted by Crippen LogP contribution is 2.36. The Morgan fingerprint density at radius 2 is 1.90 bits per heavy atom. The van der Waals surface area contributed by atoms with Crippen molar-refractivity contribution in [2.75, 3.05) is 5.73 Å². The molecule has 0 unspecified atom stereocenters. The Labute approximate surface area is 123 Å². The molecule has 0 atom stereocenters. The number of benzene rings is 1. The van der Waals surface area contributed by atoms with Crippen molar-refractivity contribution < 1.29 is 4.92 Å². The second kappa shape index (κ2) is 4.87. The molecule has 2 rings (SSSR count). The molecule has 0 fully saturated rings. The van der Waals surface area contributed by atoms with Gasteiger partial charge in [-0.05, 0) is 31.0 Å². The van der Waals surface area contributed by atoms with Crippen LogP contribution in [0.15, 0.2) is 18.2 Å². The Morgan fingerprint density at radius 1 is 1.29 bits per heavy atom. The molecule has 1 heterocycles. The van der Waals surface area contributed by atoms with Crippen LogP contribution in [0, 0.1) is 24.0 Å². The molecular formula is C15H20N4O2. The first-order chi connectivity index (χ1) is 9.62. The maximum absolute atomic E-state index is 11.4. The minimum absolute atomic E-state index is 0.0682. The maximum Gasteiger partial charge on any atom is 0.334 e. The van der Waals surface area contributed by atoms with Gasteiger partial charge in [-0.15, -0.1) is 0 Å². The number of nitrogens with two attached hydrogens (primary N) is 1. The number of aromatic nitrogens is 2. The van der Waals surface area contributed by atoms with Gasteiger partial charge in [0.15, 0.2) is 0 Å². The first-order valence-electron chi connectivity index (χ1n) is 6.74. The van der Waals surface area contributed by atoms with Crippen LogP contribution in [0.3, 0.4) is 0 Å². The Morgan fingerprint density at radius 3 is 2.38 bits per heavy atom. The van der Waals surface area contributed by atoms with Crippen molar-refractivity contribution in [3.8, 4) is 5.69 Å². The van der Waals surface area contributed by atoms with Crippen LogP contribution in [0.5, 0.6) is 0 Å². The molecule has 0 saturated heterocycles. The van der Waals surface area contributed by atoms with Crippen LogP contribution in [0.25, 0.3) is 5.69 Å². The van der Waals surface area contributed by atoms with E-state index in [1.165, 1.54) is 4.68 Å². The molecule has 21 heavy (non-hydrogen) atoms. The Balaban J connectivity index is 2.77. The van der Waals surface area contributed by atoms with Gasteiger partial charge in [-0.25, -0.2) is 4.68 Å². The van der Waals surface area contributed by atoms with E-state index in [1.807, 2.05) is 52.8 Å². The molecular weight excluding hydrogens is 268 g/mol. The lowest BCUT2D eigenvalue weighted by Gasteiger charge is -2.13. The van der Waals surface area contributed by atoms with Crippen molar-refractivity contribution in [1.29, 1.82) is 0 Å². The smallest absolute Gasteiger partial charge is 0.334 e. The zero-order chi connectivity index (χ0) is 15.9. The summed E-state index contributed by atoms with van der Waals surface area (Å²) in [4.78, 5) is 10.9. The standard InChI is InChI=1S/C15H20N4O2/c1-9-6-7-10(2)11(8-9)18-14(16)12(19(20)21)13(17-18)15(3,4)5/h6-8H,16H2,1-5H3. The fourth-order valence-corrected chi connectivity index (χ4v) is 2.24. The number of nitrogen functional groups attached to an aromatic ring is 1. The van der Waals surface area contributed by atoms with Gasteiger partial charge in [-0.2, -0.15) is 5.10 Å². The van der Waals surface area contributed by atoms with Crippen LogP contribution in [-0.4, -0.2) is 14.7 Å². The number of hydrogen-bond donors (Lipinski definition) is 1. The number of nitro groups is 1. The van der Waals surface area contributed by atoms with Gasteiger partial charge in [-0.1, -0.05) is 32.9 Å². The Kier molecular flexibility index (Phi) is 3.49. The highest BCUT2D eigenvalue weighted by atomic mass is 16.6. The lowest BCUT2D eigenvalue weighted by molar-refractivity contribution is -0.385. The molecule has 0 saturated carbocycles. The molecule has 6 nitrogen and oxygen atoms in total. The van der Waals surface area contributed by atoms with Gasteiger partial charge in [0.05, 0.1) is 10.6 Å². The zero-order valence-corrected chi connectivity index (χ0v) is 13.0. The van der Waals surface area contributed by atoms with E-state index in [2.05, 4.69) is 5.10 Å². The quantitative estimate of drug-likeness (QED) is 0.678. The minimum atomic E-state index is -0.459. The van der Waals surface area contributed by atoms with Crippen LogP contribution < -0.4 is 5.73 Å². The van der Waals surface area contributed by atoms with Gasteiger partial charge in [-0.3, -0.25) is 10.1 Å². The normalized spacial score (nSPS) is 11.7. The van der Waals surface area contributed by atoms with E-state index in [-0.39, 0.29) is 11.5 Å². The maximum atomic E-state index is 11.4. The molecule has 2 aromatic rings. The molecule has 0 amide bonds. The molecule has 112 valence electrons. The highest BCUT2D eigenvalue weighted by Gasteiger charge is 2.34. The van der Waals surface area contributed by atoms with Crippen LogP contribution in [0.4, 0.5) is 11.5 Å². The Hall–Kier alpha value is -2.37. The van der Waals surface area contributed by atoms with Crippen LogP contribution >= 0.6 is 0 Å². The van der Waals surface area contributed by atoms with Gasteiger partial charge in [0.2, 0.25) is 5.82 Å². The van der Waals surface area contributed by atoms with Crippen molar-refractivity contribution in [2.45, 2.75) is 40.0 Å². The van der Waals surface area contributed by atoms with Gasteiger partial charge < -0.3 is 5.73 Å². The molecule has 0 aliphatic heterocycles. The van der Waals surface area contributed by atoms with Crippen molar-refractivity contribution in [2.24, 2.45) is 0 Å². The number of rotatable bonds is 2. The highest BCUT2D eigenvalue weighted by molar-refractivity contribution is 5.63. The van der Waals surface area contributed by atoms with E-state index < -0.39 is 10.3 Å². The minimum Gasteiger partial charge on any atom is -0.378 e. The third kappa shape index (κ3) is 2.61. The van der Waals surface area contributed by atoms with Gasteiger partial charge in [0, 0.05) is 5.41 Å². The largest absolute Gasteiger partial charge is 0.378 e. The van der Waals surface area contributed by atoms with E-state index in [0.29, 0.717) is 5.69 Å². The molecule has 1 aromatic heterocycles. The molecule has 0 aliphatic rings. The second-order valence-corrected chi connectivity index (χ2v) is 6.29. The van der Waals surface area contributed by atoms with E-state index in [4.69, 9.17) is 5.73 Å². The average Bonchev–Trinajstić information content (AvgIpc) is 2.70. The lowest BCUT2D eigenvalue weighted by Crippen LogP contribution is -2.14. The zero-order valence-electron chi connectivity index (χ0n) is 13.0. The second-order valence-electron chi connectivity index (χ2n) is 6.29. The number of hydrogen-bond acceptors (Lipinski definition) is 4. The summed E-state index contributed by atoms with van der Waals surface area (Å²) in [5, 5.41) is 15.8. The summed E-state index contributed by atoms with van der Waals surface area (Å²) >= 11 is 0. The van der Waals surface area contributed by atoms with Crippen molar-refractivity contribution in [1.82, 2.24) is 9.78 Å². The summed E-state index contributed by atoms with van der Waals surface area (Å²) in [7, 11) is 0. The number of aryl methyl sites for hydroxylation is 2. The lowest BCUT2D eigenvalue weighted by atomic mass is 9.91. The van der Waals surface area contributed by atoms with Gasteiger partial charge >= 0.3 is 5.69 Å². The van der Waals surface area contributed by atoms with E-state index in [9.17, 15) is 10.1 Å². The number of nitrogens with zero attached hydrogens (tertiary/aromatic N) is 3. The predicted octanol–water partition coefficient (Wildman–Crippen LogP) is 3.28. The van der Waals surface area contributed by atoms with Crippen LogP contribution in [0.2, 0.25) is 0 Å². The molecule has 2 N–H and O–H groups in total. The molecule has 0 spiro atoms. The molecule has 0 bridgehead atoms. The third-order valence-corrected chi connectivity index (χ3v) is 3.38. The first-order valence-corrected chi connectivity index (χ1v) is 6.74. The monoisotopic (exact) mass is 288 g/mol. The van der Waals surface area contributed by atoms with Gasteiger partial charge in [0.25, 0.3) is 0 Å². The topological polar surface area (TPSA) is 87.0 Å². The summed E-state index contributed by atoms with van der Waals surface area (Å²) in [5.74, 6) is 0.0682. The predicted molar refractivity (Wildman–Crippen MR) is 82.8 cm³/mol. The van der Waals surface area contributed by atoms with Crippen LogP contribution in [-0.2, 0) is 5.41 Å². The molecule has 6 heteroatoms. The van der Waals surface area contributed by atoms with E-state index in [1.54, 1.807) is 0 Å². The fraction of sp³-hybridized carbons (Fsp3) is 0.400. The third-order valence-electron chi connectivity index (χ3n) is 3.38. The van der Waals surface area contributed by atoms with Crippen molar-refractivity contribution >= 4 is 11.5 Å². The summed E-state index contributed by atoms with van der Waals surface area (Å²) < 4.78 is 1.47. The molecule has 1 aromatic carbocycles. The van der Waals surface area contributed by atoms with Gasteiger partial charge in [0.1, 0.15) is 5.69 Å². The summed E-state index contributed by atoms with van der Waals surface area (Å²) in [5.41, 5.74) is 8.62. The van der Waals surface area contributed by atoms with Crippen molar-refractivity contribution in [3.05, 3.63) is 45.1 Å². The molecule has 0 radical (unpaired) electrons. The van der Waals surface area contributed by atoms with Crippen LogP contribution in [0.1, 0.15) is 37.6 Å². The average molecular weight is 288 g/mol. The Bertz CT molecular complexity index is 711.